The van der Waals surface area contributed by atoms with Crippen molar-refractivity contribution in [3.8, 4) is 5.75 Å². The molecule has 3 aliphatic heterocycles. The number of ketones is 1. The van der Waals surface area contributed by atoms with Crippen molar-refractivity contribution in [2.75, 3.05) is 20.2 Å². The highest BCUT2D eigenvalue weighted by molar-refractivity contribution is 6.01. The van der Waals surface area contributed by atoms with E-state index in [0.717, 1.165) is 54.1 Å². The normalized spacial score (nSPS) is 20.9. The van der Waals surface area contributed by atoms with E-state index in [1.54, 1.807) is 7.11 Å². The lowest BCUT2D eigenvalue weighted by Crippen LogP contribution is -2.45. The second-order valence-electron chi connectivity index (χ2n) is 5.84. The summed E-state index contributed by atoms with van der Waals surface area (Å²) in [6.07, 6.45) is 4.10. The van der Waals surface area contributed by atoms with Crippen LogP contribution in [0.25, 0.3) is 6.08 Å². The predicted molar refractivity (Wildman–Crippen MR) is 79.7 cm³/mol. The molecule has 0 spiro atoms. The van der Waals surface area contributed by atoms with Crippen LogP contribution >= 0.6 is 0 Å². The maximum atomic E-state index is 12.3. The first-order valence-corrected chi connectivity index (χ1v) is 7.26. The smallest absolute Gasteiger partial charge is 0.182 e. The highest BCUT2D eigenvalue weighted by Crippen LogP contribution is 2.33. The maximum Gasteiger partial charge on any atom is 0.182 e. The molecule has 1 aromatic rings. The van der Waals surface area contributed by atoms with Crippen molar-refractivity contribution in [3.05, 3.63) is 34.5 Å². The Morgan fingerprint density at radius 3 is 2.30 bits per heavy atom. The fourth-order valence-corrected chi connectivity index (χ4v) is 3.46. The van der Waals surface area contributed by atoms with Gasteiger partial charge in [0.25, 0.3) is 0 Å². The largest absolute Gasteiger partial charge is 0.496 e. The molecule has 0 aromatic heterocycles. The van der Waals surface area contributed by atoms with Gasteiger partial charge in [-0.1, -0.05) is 0 Å². The number of carbonyl (C=O) groups excluding carboxylic acids is 1. The first-order chi connectivity index (χ1) is 9.60. The quantitative estimate of drug-likeness (QED) is 0.775. The number of hydrogen-bond acceptors (Lipinski definition) is 3. The molecule has 3 aliphatic rings. The first-order valence-electron chi connectivity index (χ1n) is 7.26. The molecule has 0 saturated carbocycles. The zero-order valence-corrected chi connectivity index (χ0v) is 12.4. The van der Waals surface area contributed by atoms with Crippen LogP contribution in [0, 0.1) is 19.8 Å². The van der Waals surface area contributed by atoms with Crippen molar-refractivity contribution >= 4 is 11.9 Å². The zero-order chi connectivity index (χ0) is 14.3. The maximum absolute atomic E-state index is 12.3. The van der Waals surface area contributed by atoms with E-state index in [0.29, 0.717) is 5.78 Å². The highest BCUT2D eigenvalue weighted by Gasteiger charge is 2.36. The monoisotopic (exact) mass is 271 g/mol. The second-order valence-corrected chi connectivity index (χ2v) is 5.84. The third-order valence-electron chi connectivity index (χ3n) is 4.45. The lowest BCUT2D eigenvalue weighted by molar-refractivity contribution is -0.125. The molecular formula is C17H21NO2. The molecule has 0 unspecified atom stereocenters. The van der Waals surface area contributed by atoms with Gasteiger partial charge in [-0.05, 0) is 61.6 Å². The standard InChI is InChI=1S/C17H21NO2/c1-11-8-13(9-12(2)17(11)20-3)10-15-16(19)14-4-6-18(15)7-5-14/h8-10,14H,4-7H2,1-3H3/b15-10+. The summed E-state index contributed by atoms with van der Waals surface area (Å²) >= 11 is 0. The molecular weight excluding hydrogens is 250 g/mol. The Balaban J connectivity index is 1.98. The summed E-state index contributed by atoms with van der Waals surface area (Å²) in [5, 5.41) is 0. The van der Waals surface area contributed by atoms with Gasteiger partial charge in [-0.15, -0.1) is 0 Å². The van der Waals surface area contributed by atoms with Crippen molar-refractivity contribution in [2.24, 2.45) is 5.92 Å². The molecule has 0 atom stereocenters. The third kappa shape index (κ3) is 2.11. The highest BCUT2D eigenvalue weighted by atomic mass is 16.5. The van der Waals surface area contributed by atoms with Crippen molar-refractivity contribution in [1.82, 2.24) is 4.90 Å². The molecule has 3 nitrogen and oxygen atoms in total. The summed E-state index contributed by atoms with van der Waals surface area (Å²) in [5.74, 6) is 1.52. The van der Waals surface area contributed by atoms with Gasteiger partial charge in [0, 0.05) is 19.0 Å². The molecule has 2 bridgehead atoms. The third-order valence-corrected chi connectivity index (χ3v) is 4.45. The fraction of sp³-hybridized carbons (Fsp3) is 0.471. The summed E-state index contributed by atoms with van der Waals surface area (Å²) in [7, 11) is 1.70. The van der Waals surface area contributed by atoms with Gasteiger partial charge < -0.3 is 9.64 Å². The number of nitrogens with zero attached hydrogens (tertiary/aromatic N) is 1. The number of hydrogen-bond donors (Lipinski definition) is 0. The Bertz CT molecular complexity index is 558. The van der Waals surface area contributed by atoms with E-state index in [-0.39, 0.29) is 5.92 Å². The molecule has 0 amide bonds. The van der Waals surface area contributed by atoms with E-state index < -0.39 is 0 Å². The van der Waals surface area contributed by atoms with Gasteiger partial charge in [0.05, 0.1) is 12.8 Å². The van der Waals surface area contributed by atoms with Gasteiger partial charge in [-0.3, -0.25) is 4.79 Å². The van der Waals surface area contributed by atoms with E-state index in [1.807, 2.05) is 19.9 Å². The number of carbonyl (C=O) groups is 1. The number of allylic oxidation sites excluding steroid dienone is 1. The number of fused-ring (bicyclic) bond motifs is 3. The number of methoxy groups -OCH3 is 1. The Hall–Kier alpha value is -1.77. The van der Waals surface area contributed by atoms with Gasteiger partial charge in [-0.2, -0.15) is 0 Å². The molecule has 1 aromatic carbocycles. The van der Waals surface area contributed by atoms with Crippen LogP contribution in [0.4, 0.5) is 0 Å². The minimum Gasteiger partial charge on any atom is -0.496 e. The number of Topliss-reactive ketones (excluding diaryl/α,β-unsaturated/α-hetero) is 1. The van der Waals surface area contributed by atoms with Crippen LogP contribution in [-0.4, -0.2) is 30.9 Å². The lowest BCUT2D eigenvalue weighted by atomic mass is 9.84. The zero-order valence-electron chi connectivity index (χ0n) is 12.4. The van der Waals surface area contributed by atoms with E-state index in [2.05, 4.69) is 17.0 Å². The lowest BCUT2D eigenvalue weighted by Gasteiger charge is -2.41. The Morgan fingerprint density at radius 1 is 1.20 bits per heavy atom. The van der Waals surface area contributed by atoms with Crippen LogP contribution in [0.15, 0.2) is 17.8 Å². The number of rotatable bonds is 2. The minimum atomic E-state index is 0.256. The average Bonchev–Trinajstić information content (AvgIpc) is 2.43. The van der Waals surface area contributed by atoms with Gasteiger partial charge in [0.2, 0.25) is 0 Å². The average molecular weight is 271 g/mol. The van der Waals surface area contributed by atoms with E-state index >= 15 is 0 Å². The van der Waals surface area contributed by atoms with Gasteiger partial charge in [-0.25, -0.2) is 0 Å². The van der Waals surface area contributed by atoms with Crippen molar-refractivity contribution in [3.63, 3.8) is 0 Å². The summed E-state index contributed by atoms with van der Waals surface area (Å²) in [4.78, 5) is 14.6. The van der Waals surface area contributed by atoms with Gasteiger partial charge in [0.1, 0.15) is 5.75 Å². The van der Waals surface area contributed by atoms with Crippen LogP contribution in [0.5, 0.6) is 5.75 Å². The summed E-state index contributed by atoms with van der Waals surface area (Å²) in [6.45, 7) is 6.14. The van der Waals surface area contributed by atoms with Crippen molar-refractivity contribution in [1.29, 1.82) is 0 Å². The molecule has 0 aliphatic carbocycles. The molecule has 3 saturated heterocycles. The fourth-order valence-electron chi connectivity index (χ4n) is 3.46. The van der Waals surface area contributed by atoms with Crippen LogP contribution in [0.1, 0.15) is 29.5 Å². The number of aryl methyl sites for hydroxylation is 2. The molecule has 3 fully saturated rings. The molecule has 20 heavy (non-hydrogen) atoms. The van der Waals surface area contributed by atoms with Crippen molar-refractivity contribution in [2.45, 2.75) is 26.7 Å². The molecule has 4 rings (SSSR count). The van der Waals surface area contributed by atoms with Crippen LogP contribution < -0.4 is 4.74 Å². The first kappa shape index (κ1) is 13.2. The summed E-state index contributed by atoms with van der Waals surface area (Å²) in [5.41, 5.74) is 4.22. The number of benzene rings is 1. The van der Waals surface area contributed by atoms with Gasteiger partial charge in [0.15, 0.2) is 5.78 Å². The van der Waals surface area contributed by atoms with E-state index in [1.165, 1.54) is 0 Å². The Kier molecular flexibility index (Phi) is 3.28. The van der Waals surface area contributed by atoms with Crippen LogP contribution in [0.3, 0.4) is 0 Å². The molecule has 3 heterocycles. The molecule has 0 N–H and O–H groups in total. The van der Waals surface area contributed by atoms with Crippen molar-refractivity contribution < 1.29 is 9.53 Å². The topological polar surface area (TPSA) is 29.5 Å². The second kappa shape index (κ2) is 4.97. The van der Waals surface area contributed by atoms with Gasteiger partial charge >= 0.3 is 0 Å². The van der Waals surface area contributed by atoms with E-state index in [4.69, 9.17) is 4.74 Å². The van der Waals surface area contributed by atoms with E-state index in [9.17, 15) is 4.79 Å². The van der Waals surface area contributed by atoms with Crippen LogP contribution in [0.2, 0.25) is 0 Å². The SMILES string of the molecule is COc1c(C)cc(/C=C2\C(=O)C3CCN2CC3)cc1C. The molecule has 0 radical (unpaired) electrons. The minimum absolute atomic E-state index is 0.256. The Morgan fingerprint density at radius 2 is 1.80 bits per heavy atom. The number of ether oxygens (including phenoxy) is 1. The molecule has 3 heteroatoms. The number of piperidine rings is 3. The molecule has 106 valence electrons. The summed E-state index contributed by atoms with van der Waals surface area (Å²) in [6, 6.07) is 4.19. The summed E-state index contributed by atoms with van der Waals surface area (Å²) < 4.78 is 5.39. The predicted octanol–water partition coefficient (Wildman–Crippen LogP) is 2.95. The Labute approximate surface area is 120 Å². The van der Waals surface area contributed by atoms with Crippen LogP contribution in [-0.2, 0) is 4.79 Å².